The van der Waals surface area contributed by atoms with Crippen LogP contribution in [0.4, 0.5) is 0 Å². The monoisotopic (exact) mass is 296 g/mol. The molecule has 3 heteroatoms. The van der Waals surface area contributed by atoms with Gasteiger partial charge in [0.05, 0.1) is 0 Å². The van der Waals surface area contributed by atoms with Crippen LogP contribution in [0.2, 0.25) is 0 Å². The summed E-state index contributed by atoms with van der Waals surface area (Å²) in [6.45, 7) is 3.78. The van der Waals surface area contributed by atoms with Gasteiger partial charge in [0.15, 0.2) is 0 Å². The number of hydrogen-bond acceptors (Lipinski definition) is 3. The van der Waals surface area contributed by atoms with Gasteiger partial charge < -0.3 is 10.5 Å². The lowest BCUT2D eigenvalue weighted by Crippen LogP contribution is -2.29. The van der Waals surface area contributed by atoms with Crippen molar-refractivity contribution in [2.24, 2.45) is 5.73 Å². The van der Waals surface area contributed by atoms with Crippen molar-refractivity contribution in [3.8, 4) is 5.75 Å². The molecule has 0 aliphatic carbocycles. The van der Waals surface area contributed by atoms with Crippen LogP contribution in [0.3, 0.4) is 0 Å². The van der Waals surface area contributed by atoms with Crippen molar-refractivity contribution < 1.29 is 4.74 Å². The highest BCUT2D eigenvalue weighted by Gasteiger charge is 2.18. The Bertz CT molecular complexity index is 568. The first-order valence-electron chi connectivity index (χ1n) is 8.03. The van der Waals surface area contributed by atoms with Crippen molar-refractivity contribution >= 4 is 0 Å². The summed E-state index contributed by atoms with van der Waals surface area (Å²) < 4.78 is 5.83. The van der Waals surface area contributed by atoms with Gasteiger partial charge >= 0.3 is 0 Å². The van der Waals surface area contributed by atoms with Gasteiger partial charge in [0.2, 0.25) is 0 Å². The van der Waals surface area contributed by atoms with E-state index in [0.717, 1.165) is 44.8 Å². The Labute approximate surface area is 132 Å². The standard InChI is InChI=1S/C19H24N2O/c20-18-10-11-21(15-18)12-13-22-19-8-6-17(7-9-19)14-16-4-2-1-3-5-16/h1-9,18H,10-15,20H2. The third-order valence-electron chi connectivity index (χ3n) is 4.16. The lowest BCUT2D eigenvalue weighted by atomic mass is 10.1. The summed E-state index contributed by atoms with van der Waals surface area (Å²) in [6, 6.07) is 19.3. The first-order chi connectivity index (χ1) is 10.8. The van der Waals surface area contributed by atoms with E-state index in [1.165, 1.54) is 11.1 Å². The highest BCUT2D eigenvalue weighted by Crippen LogP contribution is 2.15. The summed E-state index contributed by atoms with van der Waals surface area (Å²) in [5.41, 5.74) is 8.55. The van der Waals surface area contributed by atoms with Crippen LogP contribution in [0.15, 0.2) is 54.6 Å². The van der Waals surface area contributed by atoms with Crippen LogP contribution < -0.4 is 10.5 Å². The largest absolute Gasteiger partial charge is 0.492 e. The predicted molar refractivity (Wildman–Crippen MR) is 90.2 cm³/mol. The van der Waals surface area contributed by atoms with Gasteiger partial charge in [-0.15, -0.1) is 0 Å². The molecule has 0 aromatic heterocycles. The zero-order valence-electron chi connectivity index (χ0n) is 12.9. The first-order valence-corrected chi connectivity index (χ1v) is 8.03. The van der Waals surface area contributed by atoms with E-state index in [4.69, 9.17) is 10.5 Å². The fraction of sp³-hybridized carbons (Fsp3) is 0.368. The Balaban J connectivity index is 1.45. The molecular weight excluding hydrogens is 272 g/mol. The zero-order chi connectivity index (χ0) is 15.2. The van der Waals surface area contributed by atoms with Crippen molar-refractivity contribution in [1.82, 2.24) is 4.90 Å². The second kappa shape index (κ2) is 7.43. The SMILES string of the molecule is NC1CCN(CCOc2ccc(Cc3ccccc3)cc2)C1. The lowest BCUT2D eigenvalue weighted by Gasteiger charge is -2.15. The quantitative estimate of drug-likeness (QED) is 0.890. The van der Waals surface area contributed by atoms with E-state index in [2.05, 4.69) is 53.4 Å². The number of rotatable bonds is 6. The Morgan fingerprint density at radius 1 is 1.00 bits per heavy atom. The van der Waals surface area contributed by atoms with Crippen molar-refractivity contribution in [2.75, 3.05) is 26.2 Å². The molecule has 1 saturated heterocycles. The predicted octanol–water partition coefficient (Wildman–Crippen LogP) is 2.69. The molecule has 0 radical (unpaired) electrons. The minimum Gasteiger partial charge on any atom is -0.492 e. The van der Waals surface area contributed by atoms with Gasteiger partial charge in [0.1, 0.15) is 12.4 Å². The zero-order valence-corrected chi connectivity index (χ0v) is 12.9. The number of hydrogen-bond donors (Lipinski definition) is 1. The molecule has 1 unspecified atom stereocenters. The van der Waals surface area contributed by atoms with Gasteiger partial charge in [0, 0.05) is 19.1 Å². The van der Waals surface area contributed by atoms with Gasteiger partial charge in [-0.25, -0.2) is 0 Å². The summed E-state index contributed by atoms with van der Waals surface area (Å²) in [5, 5.41) is 0. The Morgan fingerprint density at radius 2 is 1.73 bits per heavy atom. The third-order valence-corrected chi connectivity index (χ3v) is 4.16. The molecule has 1 atom stereocenters. The molecule has 22 heavy (non-hydrogen) atoms. The van der Waals surface area contributed by atoms with Crippen LogP contribution >= 0.6 is 0 Å². The van der Waals surface area contributed by atoms with Gasteiger partial charge in [-0.2, -0.15) is 0 Å². The molecule has 2 aromatic carbocycles. The molecule has 2 aromatic rings. The maximum absolute atomic E-state index is 5.91. The van der Waals surface area contributed by atoms with Crippen molar-refractivity contribution in [3.05, 3.63) is 65.7 Å². The number of ether oxygens (including phenoxy) is 1. The topological polar surface area (TPSA) is 38.5 Å². The number of likely N-dealkylation sites (tertiary alicyclic amines) is 1. The molecule has 3 rings (SSSR count). The molecule has 0 amide bonds. The van der Waals surface area contributed by atoms with E-state index in [1.54, 1.807) is 0 Å². The lowest BCUT2D eigenvalue weighted by molar-refractivity contribution is 0.236. The molecule has 1 fully saturated rings. The molecule has 1 aliphatic heterocycles. The fourth-order valence-electron chi connectivity index (χ4n) is 2.89. The average molecular weight is 296 g/mol. The van der Waals surface area contributed by atoms with Crippen LogP contribution in [0.25, 0.3) is 0 Å². The van der Waals surface area contributed by atoms with E-state index in [-0.39, 0.29) is 0 Å². The van der Waals surface area contributed by atoms with Gasteiger partial charge in [-0.1, -0.05) is 42.5 Å². The molecule has 1 aliphatic rings. The normalized spacial score (nSPS) is 18.5. The fourth-order valence-corrected chi connectivity index (χ4v) is 2.89. The number of nitrogens with two attached hydrogens (primary N) is 1. The van der Waals surface area contributed by atoms with E-state index < -0.39 is 0 Å². The van der Waals surface area contributed by atoms with E-state index in [0.29, 0.717) is 6.04 Å². The summed E-state index contributed by atoms with van der Waals surface area (Å²) in [5.74, 6) is 0.945. The molecular formula is C19H24N2O. The smallest absolute Gasteiger partial charge is 0.119 e. The van der Waals surface area contributed by atoms with E-state index >= 15 is 0 Å². The van der Waals surface area contributed by atoms with Crippen LogP contribution in [-0.2, 0) is 6.42 Å². The highest BCUT2D eigenvalue weighted by atomic mass is 16.5. The summed E-state index contributed by atoms with van der Waals surface area (Å²) >= 11 is 0. The van der Waals surface area contributed by atoms with Crippen molar-refractivity contribution in [3.63, 3.8) is 0 Å². The van der Waals surface area contributed by atoms with E-state index in [1.807, 2.05) is 6.07 Å². The average Bonchev–Trinajstić information content (AvgIpc) is 2.96. The van der Waals surface area contributed by atoms with Crippen molar-refractivity contribution in [1.29, 1.82) is 0 Å². The van der Waals surface area contributed by atoms with Crippen LogP contribution in [0, 0.1) is 0 Å². The third kappa shape index (κ3) is 4.33. The maximum Gasteiger partial charge on any atom is 0.119 e. The minimum absolute atomic E-state index is 0.345. The van der Waals surface area contributed by atoms with Crippen LogP contribution in [0.5, 0.6) is 5.75 Å². The van der Waals surface area contributed by atoms with Crippen molar-refractivity contribution in [2.45, 2.75) is 18.9 Å². The number of nitrogens with zero attached hydrogens (tertiary/aromatic N) is 1. The van der Waals surface area contributed by atoms with Gasteiger partial charge in [0.25, 0.3) is 0 Å². The molecule has 116 valence electrons. The molecule has 0 bridgehead atoms. The second-order valence-electron chi connectivity index (χ2n) is 6.00. The molecule has 0 saturated carbocycles. The minimum atomic E-state index is 0.345. The summed E-state index contributed by atoms with van der Waals surface area (Å²) in [6.07, 6.45) is 2.07. The molecule has 1 heterocycles. The summed E-state index contributed by atoms with van der Waals surface area (Å²) in [4.78, 5) is 2.37. The Hall–Kier alpha value is -1.84. The van der Waals surface area contributed by atoms with E-state index in [9.17, 15) is 0 Å². The Kier molecular flexibility index (Phi) is 5.09. The summed E-state index contributed by atoms with van der Waals surface area (Å²) in [7, 11) is 0. The molecule has 0 spiro atoms. The number of benzene rings is 2. The first kappa shape index (κ1) is 15.1. The molecule has 3 nitrogen and oxygen atoms in total. The highest BCUT2D eigenvalue weighted by molar-refractivity contribution is 5.31. The maximum atomic E-state index is 5.91. The Morgan fingerprint density at radius 3 is 2.41 bits per heavy atom. The molecule has 2 N–H and O–H groups in total. The second-order valence-corrected chi connectivity index (χ2v) is 6.00. The van der Waals surface area contributed by atoms with Crippen LogP contribution in [-0.4, -0.2) is 37.2 Å². The van der Waals surface area contributed by atoms with Crippen LogP contribution in [0.1, 0.15) is 17.5 Å². The van der Waals surface area contributed by atoms with Gasteiger partial charge in [-0.05, 0) is 42.6 Å². The van der Waals surface area contributed by atoms with Gasteiger partial charge in [-0.3, -0.25) is 4.90 Å².